The molecule has 18 heavy (non-hydrogen) atoms. The fourth-order valence-electron chi connectivity index (χ4n) is 1.28. The predicted molar refractivity (Wildman–Crippen MR) is 64.9 cm³/mol. The molecule has 1 aromatic rings. The quantitative estimate of drug-likeness (QED) is 0.515. The second-order valence-electron chi connectivity index (χ2n) is 3.68. The lowest BCUT2D eigenvalue weighted by Gasteiger charge is -2.13. The summed E-state index contributed by atoms with van der Waals surface area (Å²) >= 11 is 0. The van der Waals surface area contributed by atoms with E-state index in [1.54, 1.807) is 30.3 Å². The van der Waals surface area contributed by atoms with E-state index in [0.717, 1.165) is 0 Å². The fraction of sp³-hybridized carbons (Fsp3) is 0.333. The molecule has 2 amide bonds. The Kier molecular flexibility index (Phi) is 5.83. The molecule has 98 valence electrons. The molecule has 0 heterocycles. The van der Waals surface area contributed by atoms with Crippen LogP contribution >= 0.6 is 0 Å². The van der Waals surface area contributed by atoms with Crippen molar-refractivity contribution in [2.75, 3.05) is 19.8 Å². The standard InChI is InChI=1S/C12H16N2O4/c15-7-10(8-16)14-11(17)6-13-12(18)9-4-2-1-3-5-9/h1-5,10,15-16H,6-8H2,(H,13,18)(H,14,17). The fourth-order valence-corrected chi connectivity index (χ4v) is 1.28. The van der Waals surface area contributed by atoms with Crippen molar-refractivity contribution in [1.29, 1.82) is 0 Å². The lowest BCUT2D eigenvalue weighted by Crippen LogP contribution is -2.45. The van der Waals surface area contributed by atoms with Crippen LogP contribution in [0, 0.1) is 0 Å². The first-order chi connectivity index (χ1) is 8.67. The second-order valence-corrected chi connectivity index (χ2v) is 3.68. The Balaban J connectivity index is 2.37. The van der Waals surface area contributed by atoms with Crippen molar-refractivity contribution < 1.29 is 19.8 Å². The summed E-state index contributed by atoms with van der Waals surface area (Å²) < 4.78 is 0. The lowest BCUT2D eigenvalue weighted by molar-refractivity contribution is -0.121. The average molecular weight is 252 g/mol. The first-order valence-corrected chi connectivity index (χ1v) is 5.51. The molecule has 0 saturated carbocycles. The number of carbonyl (C=O) groups is 2. The van der Waals surface area contributed by atoms with Gasteiger partial charge in [0, 0.05) is 5.56 Å². The van der Waals surface area contributed by atoms with Crippen LogP contribution in [0.5, 0.6) is 0 Å². The smallest absolute Gasteiger partial charge is 0.251 e. The molecule has 0 unspecified atom stereocenters. The number of hydrogen-bond donors (Lipinski definition) is 4. The van der Waals surface area contributed by atoms with E-state index in [1.807, 2.05) is 0 Å². The van der Waals surface area contributed by atoms with Gasteiger partial charge in [0.25, 0.3) is 5.91 Å². The molecule has 6 nitrogen and oxygen atoms in total. The van der Waals surface area contributed by atoms with Crippen LogP contribution in [0.15, 0.2) is 30.3 Å². The summed E-state index contributed by atoms with van der Waals surface area (Å²) in [5.74, 6) is -0.817. The van der Waals surface area contributed by atoms with Crippen molar-refractivity contribution in [3.8, 4) is 0 Å². The van der Waals surface area contributed by atoms with Crippen LogP contribution in [0.4, 0.5) is 0 Å². The van der Waals surface area contributed by atoms with Crippen molar-refractivity contribution in [1.82, 2.24) is 10.6 Å². The van der Waals surface area contributed by atoms with Gasteiger partial charge >= 0.3 is 0 Å². The molecule has 0 fully saturated rings. The number of aliphatic hydroxyl groups excluding tert-OH is 2. The third kappa shape index (κ3) is 4.52. The van der Waals surface area contributed by atoms with Crippen molar-refractivity contribution in [3.63, 3.8) is 0 Å². The maximum atomic E-state index is 11.6. The van der Waals surface area contributed by atoms with Gasteiger partial charge in [-0.15, -0.1) is 0 Å². The van der Waals surface area contributed by atoms with Crippen LogP contribution in [0.1, 0.15) is 10.4 Å². The molecular weight excluding hydrogens is 236 g/mol. The van der Waals surface area contributed by atoms with Gasteiger partial charge in [-0.05, 0) is 12.1 Å². The summed E-state index contributed by atoms with van der Waals surface area (Å²) in [6.45, 7) is -0.909. The van der Waals surface area contributed by atoms with Crippen LogP contribution in [0.25, 0.3) is 0 Å². The first kappa shape index (κ1) is 14.1. The van der Waals surface area contributed by atoms with Crippen LogP contribution < -0.4 is 10.6 Å². The second kappa shape index (κ2) is 7.41. The van der Waals surface area contributed by atoms with Crippen LogP contribution in [0.3, 0.4) is 0 Å². The molecule has 0 bridgehead atoms. The number of nitrogens with one attached hydrogen (secondary N) is 2. The van der Waals surface area contributed by atoms with E-state index in [0.29, 0.717) is 5.56 Å². The minimum Gasteiger partial charge on any atom is -0.394 e. The summed E-state index contributed by atoms with van der Waals surface area (Å²) in [5.41, 5.74) is 0.464. The van der Waals surface area contributed by atoms with Gasteiger partial charge in [0.05, 0.1) is 25.8 Å². The highest BCUT2D eigenvalue weighted by molar-refractivity contribution is 5.96. The van der Waals surface area contributed by atoms with Crippen molar-refractivity contribution in [2.24, 2.45) is 0 Å². The number of rotatable bonds is 6. The Morgan fingerprint density at radius 3 is 2.28 bits per heavy atom. The molecule has 0 atom stereocenters. The van der Waals surface area contributed by atoms with Gasteiger partial charge in [-0.3, -0.25) is 9.59 Å². The van der Waals surface area contributed by atoms with E-state index in [4.69, 9.17) is 10.2 Å². The van der Waals surface area contributed by atoms with E-state index in [1.165, 1.54) is 0 Å². The summed E-state index contributed by atoms with van der Waals surface area (Å²) in [6.07, 6.45) is 0. The van der Waals surface area contributed by atoms with Crippen molar-refractivity contribution in [2.45, 2.75) is 6.04 Å². The molecule has 1 rings (SSSR count). The maximum Gasteiger partial charge on any atom is 0.251 e. The summed E-state index contributed by atoms with van der Waals surface area (Å²) in [4.78, 5) is 22.9. The normalized spacial score (nSPS) is 10.2. The van der Waals surface area contributed by atoms with Gasteiger partial charge in [0.15, 0.2) is 0 Å². The molecule has 0 aromatic heterocycles. The van der Waals surface area contributed by atoms with E-state index < -0.39 is 11.9 Å². The predicted octanol–water partition coefficient (Wildman–Crippen LogP) is -1.11. The Morgan fingerprint density at radius 2 is 1.72 bits per heavy atom. The number of amides is 2. The van der Waals surface area contributed by atoms with Crippen molar-refractivity contribution >= 4 is 11.8 Å². The monoisotopic (exact) mass is 252 g/mol. The average Bonchev–Trinajstić information content (AvgIpc) is 2.43. The number of hydrogen-bond acceptors (Lipinski definition) is 4. The Bertz CT molecular complexity index is 390. The molecule has 0 aliphatic carbocycles. The summed E-state index contributed by atoms with van der Waals surface area (Å²) in [6, 6.07) is 7.81. The molecule has 4 N–H and O–H groups in total. The largest absolute Gasteiger partial charge is 0.394 e. The topological polar surface area (TPSA) is 98.7 Å². The zero-order valence-corrected chi connectivity index (χ0v) is 9.80. The molecule has 0 saturated heterocycles. The molecule has 1 aromatic carbocycles. The Labute approximate surface area is 105 Å². The van der Waals surface area contributed by atoms with Gasteiger partial charge in [0.1, 0.15) is 0 Å². The Hall–Kier alpha value is -1.92. The van der Waals surface area contributed by atoms with Gasteiger partial charge in [-0.25, -0.2) is 0 Å². The molecule has 0 aliphatic heterocycles. The van der Waals surface area contributed by atoms with Crippen LogP contribution in [-0.4, -0.2) is 47.8 Å². The van der Waals surface area contributed by atoms with Crippen LogP contribution in [0.2, 0.25) is 0 Å². The van der Waals surface area contributed by atoms with E-state index in [2.05, 4.69) is 10.6 Å². The van der Waals surface area contributed by atoms with E-state index in [9.17, 15) is 9.59 Å². The number of aliphatic hydroxyl groups is 2. The molecule has 0 radical (unpaired) electrons. The van der Waals surface area contributed by atoms with Gasteiger partial charge < -0.3 is 20.8 Å². The summed E-state index contributed by atoms with van der Waals surface area (Å²) in [5, 5.41) is 22.3. The van der Waals surface area contributed by atoms with E-state index >= 15 is 0 Å². The number of benzene rings is 1. The third-order valence-corrected chi connectivity index (χ3v) is 2.25. The first-order valence-electron chi connectivity index (χ1n) is 5.51. The minimum absolute atomic E-state index is 0.204. The third-order valence-electron chi connectivity index (χ3n) is 2.25. The highest BCUT2D eigenvalue weighted by Crippen LogP contribution is 1.97. The van der Waals surface area contributed by atoms with Gasteiger partial charge in [-0.1, -0.05) is 18.2 Å². The van der Waals surface area contributed by atoms with E-state index in [-0.39, 0.29) is 25.7 Å². The SMILES string of the molecule is O=C(CNC(=O)c1ccccc1)NC(CO)CO. The minimum atomic E-state index is -0.703. The molecule has 0 aliphatic rings. The number of carbonyl (C=O) groups excluding carboxylic acids is 2. The molecular formula is C12H16N2O4. The van der Waals surface area contributed by atoms with Crippen LogP contribution in [-0.2, 0) is 4.79 Å². The zero-order valence-electron chi connectivity index (χ0n) is 9.80. The highest BCUT2D eigenvalue weighted by atomic mass is 16.3. The zero-order chi connectivity index (χ0) is 13.4. The summed E-state index contributed by atoms with van der Waals surface area (Å²) in [7, 11) is 0. The lowest BCUT2D eigenvalue weighted by atomic mass is 10.2. The van der Waals surface area contributed by atoms with Gasteiger partial charge in [-0.2, -0.15) is 0 Å². The molecule has 6 heteroatoms. The maximum absolute atomic E-state index is 11.6. The van der Waals surface area contributed by atoms with Crippen molar-refractivity contribution in [3.05, 3.63) is 35.9 Å². The Morgan fingerprint density at radius 1 is 1.11 bits per heavy atom. The molecule has 0 spiro atoms. The highest BCUT2D eigenvalue weighted by Gasteiger charge is 2.11. The van der Waals surface area contributed by atoms with Gasteiger partial charge in [0.2, 0.25) is 5.91 Å².